The first kappa shape index (κ1) is 32.9. The van der Waals surface area contributed by atoms with E-state index in [0.717, 1.165) is 9.87 Å². The molecule has 7 nitrogen and oxygen atoms in total. The zero-order valence-corrected chi connectivity index (χ0v) is 27.2. The van der Waals surface area contributed by atoms with Crippen LogP contribution in [0, 0.1) is 5.82 Å². The van der Waals surface area contributed by atoms with Crippen LogP contribution in [0.1, 0.15) is 31.9 Å². The van der Waals surface area contributed by atoms with Gasteiger partial charge in [-0.1, -0.05) is 82.7 Å². The number of carbonyl (C=O) groups excluding carboxylic acids is 2. The van der Waals surface area contributed by atoms with Crippen LogP contribution in [0.2, 0.25) is 0 Å². The number of sulfonamides is 1. The van der Waals surface area contributed by atoms with E-state index in [2.05, 4.69) is 21.2 Å². The number of rotatable bonds is 11. The number of nitrogens with zero attached hydrogens (tertiary/aromatic N) is 2. The van der Waals surface area contributed by atoms with E-state index in [4.69, 9.17) is 0 Å². The average Bonchev–Trinajstić information content (AvgIpc) is 2.98. The Bertz CT molecular complexity index is 1680. The molecule has 0 aromatic heterocycles. The molecule has 0 spiro atoms. The fourth-order valence-corrected chi connectivity index (χ4v) is 6.49. The third kappa shape index (κ3) is 8.76. The van der Waals surface area contributed by atoms with Gasteiger partial charge in [-0.2, -0.15) is 0 Å². The van der Waals surface area contributed by atoms with Crippen LogP contribution in [0.4, 0.5) is 10.1 Å². The molecule has 2 amide bonds. The molecule has 0 radical (unpaired) electrons. The molecule has 0 unspecified atom stereocenters. The first-order valence-electron chi connectivity index (χ1n) is 14.1. The maximum absolute atomic E-state index is 14.4. The monoisotopic (exact) mass is 679 g/mol. The SMILES string of the molecule is CC(C)(C)NC(=O)[C@@H](Cc1ccccc1)N(Cc1ccc(F)cc1)C(=O)CN(c1cccc(Br)c1)S(=O)(=O)c1ccccc1. The Kier molecular flexibility index (Phi) is 10.6. The molecule has 0 aliphatic heterocycles. The zero-order chi connectivity index (χ0) is 31.9. The molecule has 1 atom stereocenters. The Morgan fingerprint density at radius 2 is 1.45 bits per heavy atom. The molecule has 4 aromatic carbocycles. The second-order valence-corrected chi connectivity index (χ2v) is 14.2. The third-order valence-electron chi connectivity index (χ3n) is 6.74. The molecule has 0 saturated heterocycles. The minimum Gasteiger partial charge on any atom is -0.350 e. The van der Waals surface area contributed by atoms with Gasteiger partial charge < -0.3 is 10.2 Å². The van der Waals surface area contributed by atoms with E-state index < -0.39 is 45.8 Å². The van der Waals surface area contributed by atoms with Gasteiger partial charge in [-0.3, -0.25) is 13.9 Å². The minimum atomic E-state index is -4.20. The van der Waals surface area contributed by atoms with Gasteiger partial charge in [0.2, 0.25) is 11.8 Å². The van der Waals surface area contributed by atoms with Crippen molar-refractivity contribution in [3.63, 3.8) is 0 Å². The van der Waals surface area contributed by atoms with Crippen LogP contribution >= 0.6 is 15.9 Å². The number of hydrogen-bond donors (Lipinski definition) is 1. The number of anilines is 1. The average molecular weight is 681 g/mol. The molecule has 0 heterocycles. The first-order valence-corrected chi connectivity index (χ1v) is 16.3. The van der Waals surface area contributed by atoms with Crippen molar-refractivity contribution in [3.05, 3.63) is 131 Å². The van der Waals surface area contributed by atoms with Crippen LogP contribution in [-0.4, -0.2) is 43.3 Å². The number of halogens is 2. The van der Waals surface area contributed by atoms with E-state index in [0.29, 0.717) is 10.0 Å². The molecule has 44 heavy (non-hydrogen) atoms. The first-order chi connectivity index (χ1) is 20.8. The van der Waals surface area contributed by atoms with Crippen molar-refractivity contribution in [1.82, 2.24) is 10.2 Å². The molecule has 0 saturated carbocycles. The molecule has 0 fully saturated rings. The molecule has 0 bridgehead atoms. The van der Waals surface area contributed by atoms with Gasteiger partial charge in [-0.15, -0.1) is 0 Å². The van der Waals surface area contributed by atoms with Crippen LogP contribution in [0.3, 0.4) is 0 Å². The molecule has 4 aromatic rings. The topological polar surface area (TPSA) is 86.8 Å². The number of benzene rings is 4. The van der Waals surface area contributed by atoms with E-state index in [-0.39, 0.29) is 23.5 Å². The van der Waals surface area contributed by atoms with Gasteiger partial charge in [0, 0.05) is 23.0 Å². The predicted molar refractivity (Wildman–Crippen MR) is 174 cm³/mol. The lowest BCUT2D eigenvalue weighted by Crippen LogP contribution is -2.56. The van der Waals surface area contributed by atoms with Crippen molar-refractivity contribution in [3.8, 4) is 0 Å². The molecule has 0 aliphatic carbocycles. The highest BCUT2D eigenvalue weighted by Gasteiger charge is 2.35. The summed E-state index contributed by atoms with van der Waals surface area (Å²) in [4.78, 5) is 29.7. The Morgan fingerprint density at radius 1 is 0.841 bits per heavy atom. The van der Waals surface area contributed by atoms with Crippen LogP contribution in [0.25, 0.3) is 0 Å². The fraction of sp³-hybridized carbons (Fsp3) is 0.235. The second-order valence-electron chi connectivity index (χ2n) is 11.4. The summed E-state index contributed by atoms with van der Waals surface area (Å²) in [6.45, 7) is 4.91. The summed E-state index contributed by atoms with van der Waals surface area (Å²) >= 11 is 3.41. The van der Waals surface area contributed by atoms with Crippen molar-refractivity contribution in [1.29, 1.82) is 0 Å². The summed E-state index contributed by atoms with van der Waals surface area (Å²) in [6.07, 6.45) is 0.179. The largest absolute Gasteiger partial charge is 0.350 e. The van der Waals surface area contributed by atoms with Crippen LogP contribution < -0.4 is 9.62 Å². The standard InChI is InChI=1S/C34H35BrFN3O4S/c1-34(2,3)37-33(41)31(21-25-11-6-4-7-12-25)38(23-26-17-19-28(36)20-18-26)32(40)24-39(29-14-10-13-27(35)22-29)44(42,43)30-15-8-5-9-16-30/h4-20,22,31H,21,23-24H2,1-3H3,(H,37,41)/t31-/m1/s1. The lowest BCUT2D eigenvalue weighted by molar-refractivity contribution is -0.140. The lowest BCUT2D eigenvalue weighted by Gasteiger charge is -2.35. The number of amides is 2. The third-order valence-corrected chi connectivity index (χ3v) is 9.02. The molecule has 1 N–H and O–H groups in total. The maximum atomic E-state index is 14.4. The normalized spacial score (nSPS) is 12.3. The highest BCUT2D eigenvalue weighted by molar-refractivity contribution is 9.10. The number of hydrogen-bond acceptors (Lipinski definition) is 4. The van der Waals surface area contributed by atoms with Crippen molar-refractivity contribution in [2.45, 2.75) is 50.2 Å². The van der Waals surface area contributed by atoms with Crippen molar-refractivity contribution in [2.75, 3.05) is 10.8 Å². The van der Waals surface area contributed by atoms with Crippen LogP contribution in [-0.2, 0) is 32.6 Å². The Balaban J connectivity index is 1.81. The lowest BCUT2D eigenvalue weighted by atomic mass is 10.0. The van der Waals surface area contributed by atoms with Gasteiger partial charge in [-0.05, 0) is 74.4 Å². The molecule has 0 aliphatic rings. The van der Waals surface area contributed by atoms with E-state index in [9.17, 15) is 22.4 Å². The Labute approximate surface area is 266 Å². The molecule has 230 valence electrons. The summed E-state index contributed by atoms with van der Waals surface area (Å²) in [6, 6.07) is 28.5. The smallest absolute Gasteiger partial charge is 0.264 e. The van der Waals surface area contributed by atoms with Crippen LogP contribution in [0.15, 0.2) is 119 Å². The van der Waals surface area contributed by atoms with Gasteiger partial charge in [0.05, 0.1) is 10.6 Å². The minimum absolute atomic E-state index is 0.0178. The summed E-state index contributed by atoms with van der Waals surface area (Å²) in [5.41, 5.74) is 1.08. The van der Waals surface area contributed by atoms with E-state index in [1.54, 1.807) is 54.6 Å². The molecule has 10 heteroatoms. The van der Waals surface area contributed by atoms with Crippen LogP contribution in [0.5, 0.6) is 0 Å². The van der Waals surface area contributed by atoms with Gasteiger partial charge in [0.25, 0.3) is 10.0 Å². The number of carbonyl (C=O) groups is 2. The second kappa shape index (κ2) is 14.2. The summed E-state index contributed by atoms with van der Waals surface area (Å²) in [7, 11) is -4.20. The highest BCUT2D eigenvalue weighted by Crippen LogP contribution is 2.27. The molecule has 4 rings (SSSR count). The quantitative estimate of drug-likeness (QED) is 0.201. The van der Waals surface area contributed by atoms with Gasteiger partial charge in [0.15, 0.2) is 0 Å². The van der Waals surface area contributed by atoms with E-state index >= 15 is 0 Å². The summed E-state index contributed by atoms with van der Waals surface area (Å²) in [5, 5.41) is 2.99. The van der Waals surface area contributed by atoms with E-state index in [1.165, 1.54) is 29.2 Å². The zero-order valence-electron chi connectivity index (χ0n) is 24.8. The van der Waals surface area contributed by atoms with Gasteiger partial charge >= 0.3 is 0 Å². The van der Waals surface area contributed by atoms with Crippen molar-refractivity contribution in [2.24, 2.45) is 0 Å². The Hall–Kier alpha value is -4.02. The predicted octanol–water partition coefficient (Wildman–Crippen LogP) is 6.34. The maximum Gasteiger partial charge on any atom is 0.264 e. The summed E-state index contributed by atoms with van der Waals surface area (Å²) < 4.78 is 43.5. The van der Waals surface area contributed by atoms with Gasteiger partial charge in [0.1, 0.15) is 18.4 Å². The van der Waals surface area contributed by atoms with E-state index in [1.807, 2.05) is 51.1 Å². The molecular weight excluding hydrogens is 645 g/mol. The van der Waals surface area contributed by atoms with Crippen molar-refractivity contribution < 1.29 is 22.4 Å². The fourth-order valence-electron chi connectivity index (χ4n) is 4.67. The summed E-state index contributed by atoms with van der Waals surface area (Å²) in [5.74, 6) is -1.43. The van der Waals surface area contributed by atoms with Crippen molar-refractivity contribution >= 4 is 43.5 Å². The Morgan fingerprint density at radius 3 is 2.05 bits per heavy atom. The highest BCUT2D eigenvalue weighted by atomic mass is 79.9. The van der Waals surface area contributed by atoms with Gasteiger partial charge in [-0.25, -0.2) is 12.8 Å². The molecular formula is C34H35BrFN3O4S. The number of nitrogens with one attached hydrogen (secondary N) is 1.